The van der Waals surface area contributed by atoms with Crippen LogP contribution in [0.3, 0.4) is 0 Å². The molecule has 0 radical (unpaired) electrons. The summed E-state index contributed by atoms with van der Waals surface area (Å²) in [5, 5.41) is 10.3. The lowest BCUT2D eigenvalue weighted by Crippen LogP contribution is -2.52. The minimum absolute atomic E-state index is 0.0527. The molecule has 0 aromatic heterocycles. The van der Waals surface area contributed by atoms with E-state index >= 15 is 0 Å². The number of aliphatic hydroxyl groups is 1. The minimum atomic E-state index is -1.05. The van der Waals surface area contributed by atoms with Crippen molar-refractivity contribution < 1.29 is 33.7 Å². The van der Waals surface area contributed by atoms with Crippen LogP contribution in [-0.2, 0) is 24.5 Å². The Bertz CT molecular complexity index is 2240. The third kappa shape index (κ3) is 8.04. The first-order chi connectivity index (χ1) is 31.0. The number of carbonyl (C=O) groups is 3. The molecular weight excluding hydrogens is 839 g/mol. The summed E-state index contributed by atoms with van der Waals surface area (Å²) < 4.78 is 19.7. The first-order valence-corrected chi connectivity index (χ1v) is 25.9. The molecule has 3 aromatic carbocycles. The molecule has 2 saturated carbocycles. The van der Waals surface area contributed by atoms with Gasteiger partial charge in [-0.3, -0.25) is 14.4 Å². The Balaban J connectivity index is 1.14. The van der Waals surface area contributed by atoms with Crippen LogP contribution in [0.4, 0.5) is 0 Å². The van der Waals surface area contributed by atoms with Crippen LogP contribution in [0.25, 0.3) is 4.85 Å². The van der Waals surface area contributed by atoms with Gasteiger partial charge in [-0.2, -0.15) is 0 Å². The average Bonchev–Trinajstić information content (AvgIpc) is 3.80. The van der Waals surface area contributed by atoms with Crippen LogP contribution in [-0.4, -0.2) is 35.2 Å². The molecule has 2 unspecified atom stereocenters. The van der Waals surface area contributed by atoms with Gasteiger partial charge in [-0.15, -0.1) is 0 Å². The number of thioether (sulfide) groups is 2. The monoisotopic (exact) mass is 901 g/mol. The van der Waals surface area contributed by atoms with Gasteiger partial charge in [0.1, 0.15) is 11.5 Å². The van der Waals surface area contributed by atoms with Crippen molar-refractivity contribution in [3.63, 3.8) is 0 Å². The number of hydrogen-bond acceptors (Lipinski definition) is 9. The van der Waals surface area contributed by atoms with Crippen molar-refractivity contribution >= 4 is 41.4 Å². The van der Waals surface area contributed by atoms with Crippen molar-refractivity contribution in [2.45, 2.75) is 169 Å². The molecule has 1 N–H and O–H groups in total. The molecule has 2 fully saturated rings. The van der Waals surface area contributed by atoms with Gasteiger partial charge in [0.05, 0.1) is 44.6 Å². The normalized spacial score (nSPS) is 26.6. The van der Waals surface area contributed by atoms with Crippen LogP contribution in [0.2, 0.25) is 0 Å². The van der Waals surface area contributed by atoms with E-state index in [9.17, 15) is 19.5 Å². The highest BCUT2D eigenvalue weighted by atomic mass is 32.2. The summed E-state index contributed by atoms with van der Waals surface area (Å²) in [6.45, 7) is 15.9. The standard InChI is InChI=1S/C54H63NO7S2/c1-6-8-10-16-32-22-26-34(27-23-32)49(56)61-45-40-41(43-37-19-13-15-21-39(37)54(43)38-20-14-12-18-36(38)42(40)54)46(62-50(57)35-28-24-33(25-29-35)17-11-9-7-2)48-47(45)63-52(64-48)44(55-5)51(58)60-31-30-53(3,4)59/h12-15,18-21,32-35,42-43,59H,6-11,16-17,22-31H2,1-4H3/t32?,33?,34?,35?,42-,43?,54?/m0/s1. The maximum Gasteiger partial charge on any atom is 0.338 e. The number of unbranched alkanes of at least 4 members (excludes halogenated alkanes) is 4. The van der Waals surface area contributed by atoms with E-state index in [0.717, 1.165) is 62.5 Å². The van der Waals surface area contributed by atoms with Crippen molar-refractivity contribution in [2.75, 3.05) is 6.61 Å². The number of ether oxygens (including phenoxy) is 3. The van der Waals surface area contributed by atoms with Crippen LogP contribution in [0, 0.1) is 30.2 Å². The Hall–Kier alpha value is -4.04. The van der Waals surface area contributed by atoms with Gasteiger partial charge in [0.25, 0.3) is 5.70 Å². The number of fused-ring (bicyclic) bond motifs is 8. The molecule has 0 bridgehead atoms. The van der Waals surface area contributed by atoms with Gasteiger partial charge in [0.15, 0.2) is 0 Å². The highest BCUT2D eigenvalue weighted by Crippen LogP contribution is 2.81. The summed E-state index contributed by atoms with van der Waals surface area (Å²) in [5.74, 6) is 0.166. The highest BCUT2D eigenvalue weighted by Gasteiger charge is 2.71. The lowest BCUT2D eigenvalue weighted by Gasteiger charge is -2.58. The minimum Gasteiger partial charge on any atom is -0.470 e. The first-order valence-electron chi connectivity index (χ1n) is 24.2. The predicted octanol–water partition coefficient (Wildman–Crippen LogP) is 13.2. The van der Waals surface area contributed by atoms with E-state index < -0.39 is 17.0 Å². The molecule has 64 heavy (non-hydrogen) atoms. The van der Waals surface area contributed by atoms with Crippen LogP contribution >= 0.6 is 23.5 Å². The second-order valence-corrected chi connectivity index (χ2v) is 22.3. The fourth-order valence-electron chi connectivity index (χ4n) is 12.0. The second-order valence-electron chi connectivity index (χ2n) is 20.0. The van der Waals surface area contributed by atoms with E-state index in [2.05, 4.69) is 67.2 Å². The van der Waals surface area contributed by atoms with E-state index in [1.54, 1.807) is 13.8 Å². The number of carbonyl (C=O) groups excluding carboxylic acids is 3. The molecule has 0 amide bonds. The summed E-state index contributed by atoms with van der Waals surface area (Å²) in [6.07, 6.45) is 17.1. The Morgan fingerprint density at radius 2 is 1.17 bits per heavy atom. The SMILES string of the molecule is [C-]#[N+]C(C(=O)OCCC(C)(C)O)=C1Sc2c(OC(=O)C3CCC(CCCCC)CC3)c3c(c(OC(=O)C4CCC(CCCCC)CC4)c2S1)[C@@H]1c2ccccc2C12c1ccccc1C32. The number of nitrogens with zero attached hydrogens (tertiary/aromatic N) is 1. The summed E-state index contributed by atoms with van der Waals surface area (Å²) in [6, 6.07) is 17.1. The van der Waals surface area contributed by atoms with Crippen molar-refractivity contribution in [1.82, 2.24) is 0 Å². The van der Waals surface area contributed by atoms with E-state index in [0.29, 0.717) is 37.4 Å². The van der Waals surface area contributed by atoms with Gasteiger partial charge >= 0.3 is 17.9 Å². The molecule has 338 valence electrons. The van der Waals surface area contributed by atoms with Crippen LogP contribution < -0.4 is 9.47 Å². The molecule has 3 atom stereocenters. The Morgan fingerprint density at radius 3 is 1.59 bits per heavy atom. The maximum absolute atomic E-state index is 14.7. The van der Waals surface area contributed by atoms with Crippen LogP contribution in [0.5, 0.6) is 11.5 Å². The lowest BCUT2D eigenvalue weighted by atomic mass is 9.43. The van der Waals surface area contributed by atoms with Gasteiger partial charge in [-0.25, -0.2) is 4.85 Å². The molecule has 3 aromatic rings. The first kappa shape index (κ1) is 45.1. The zero-order valence-corrected chi connectivity index (χ0v) is 39.6. The largest absolute Gasteiger partial charge is 0.470 e. The average molecular weight is 902 g/mol. The van der Waals surface area contributed by atoms with E-state index in [4.69, 9.17) is 20.8 Å². The van der Waals surface area contributed by atoms with Gasteiger partial charge < -0.3 is 19.3 Å². The van der Waals surface area contributed by atoms with Gasteiger partial charge in [-0.05, 0) is 99.3 Å². The number of hydrogen-bond donors (Lipinski definition) is 1. The third-order valence-electron chi connectivity index (χ3n) is 15.4. The van der Waals surface area contributed by atoms with Crippen molar-refractivity contribution in [3.8, 4) is 11.5 Å². The Kier molecular flexibility index (Phi) is 13.2. The number of rotatable bonds is 16. The molecule has 8 nitrogen and oxygen atoms in total. The van der Waals surface area contributed by atoms with Gasteiger partial charge in [-0.1, -0.05) is 137 Å². The van der Waals surface area contributed by atoms with E-state index in [1.165, 1.54) is 97.1 Å². The molecule has 6 aliphatic rings. The van der Waals surface area contributed by atoms with E-state index in [1.807, 2.05) is 0 Å². The molecule has 1 aliphatic heterocycles. The Labute approximate surface area is 387 Å². The van der Waals surface area contributed by atoms with Gasteiger partial charge in [0.2, 0.25) is 0 Å². The third-order valence-corrected chi connectivity index (χ3v) is 17.9. The second kappa shape index (κ2) is 18.7. The fraction of sp³-hybridized carbons (Fsp3) is 0.556. The molecule has 0 saturated heterocycles. The van der Waals surface area contributed by atoms with E-state index in [-0.39, 0.29) is 54.3 Å². The fourth-order valence-corrected chi connectivity index (χ4v) is 14.6. The maximum atomic E-state index is 14.7. The summed E-state index contributed by atoms with van der Waals surface area (Å²) in [7, 11) is 0. The lowest BCUT2D eigenvalue weighted by molar-refractivity contribution is -0.141. The summed E-state index contributed by atoms with van der Waals surface area (Å²) in [5.41, 5.74) is 4.99. The molecule has 1 spiro atoms. The molecule has 5 aliphatic carbocycles. The molecule has 1 heterocycles. The number of esters is 3. The summed E-state index contributed by atoms with van der Waals surface area (Å²) in [4.78, 5) is 47.9. The molecule has 10 heteroatoms. The Morgan fingerprint density at radius 1 is 0.719 bits per heavy atom. The number of benzene rings is 3. The highest BCUT2D eigenvalue weighted by molar-refractivity contribution is 8.24. The zero-order chi connectivity index (χ0) is 44.8. The predicted molar refractivity (Wildman–Crippen MR) is 251 cm³/mol. The quantitative estimate of drug-likeness (QED) is 0.0495. The molecular formula is C54H63NO7S2. The van der Waals surface area contributed by atoms with Crippen LogP contribution in [0.1, 0.15) is 182 Å². The zero-order valence-electron chi connectivity index (χ0n) is 38.0. The smallest absolute Gasteiger partial charge is 0.338 e. The van der Waals surface area contributed by atoms with Gasteiger partial charge in [0, 0.05) is 34.8 Å². The van der Waals surface area contributed by atoms with Crippen molar-refractivity contribution in [2.24, 2.45) is 23.7 Å². The topological polar surface area (TPSA) is 103 Å². The van der Waals surface area contributed by atoms with Crippen LogP contribution in [0.15, 0.2) is 68.3 Å². The van der Waals surface area contributed by atoms with Crippen molar-refractivity contribution in [1.29, 1.82) is 0 Å². The summed E-state index contributed by atoms with van der Waals surface area (Å²) >= 11 is 2.48. The molecule has 9 rings (SSSR count). The van der Waals surface area contributed by atoms with Crippen molar-refractivity contribution in [3.05, 3.63) is 103 Å².